The number of hydrogen-bond donors (Lipinski definition) is 2. The molecule has 0 fully saturated rings. The zero-order valence-electron chi connectivity index (χ0n) is 10.9. The van der Waals surface area contributed by atoms with E-state index in [1.165, 1.54) is 5.56 Å². The number of benzene rings is 1. The van der Waals surface area contributed by atoms with Gasteiger partial charge in [-0.05, 0) is 18.4 Å². The lowest BCUT2D eigenvalue weighted by Crippen LogP contribution is -2.06. The van der Waals surface area contributed by atoms with Gasteiger partial charge in [0, 0.05) is 13.6 Å². The summed E-state index contributed by atoms with van der Waals surface area (Å²) in [6.45, 7) is 0.705. The third-order valence-corrected chi connectivity index (χ3v) is 3.02. The van der Waals surface area contributed by atoms with Crippen LogP contribution < -0.4 is 11.1 Å². The number of rotatable bonds is 5. The van der Waals surface area contributed by atoms with Crippen molar-refractivity contribution in [1.82, 2.24) is 9.78 Å². The van der Waals surface area contributed by atoms with Crippen LogP contribution >= 0.6 is 0 Å². The van der Waals surface area contributed by atoms with Crippen molar-refractivity contribution in [1.29, 1.82) is 5.26 Å². The van der Waals surface area contributed by atoms with Crippen molar-refractivity contribution >= 4 is 11.6 Å². The lowest BCUT2D eigenvalue weighted by atomic mass is 10.1. The van der Waals surface area contributed by atoms with Crippen LogP contribution in [0.3, 0.4) is 0 Å². The van der Waals surface area contributed by atoms with Gasteiger partial charge in [0.25, 0.3) is 0 Å². The highest BCUT2D eigenvalue weighted by atomic mass is 15.3. The number of aromatic nitrogens is 2. The van der Waals surface area contributed by atoms with Gasteiger partial charge >= 0.3 is 0 Å². The Kier molecular flexibility index (Phi) is 4.04. The van der Waals surface area contributed by atoms with E-state index in [0.717, 1.165) is 12.8 Å². The molecule has 0 bridgehead atoms. The Bertz CT molecular complexity index is 580. The number of nitrogens with one attached hydrogen (secondary N) is 1. The van der Waals surface area contributed by atoms with E-state index in [0.29, 0.717) is 23.7 Å². The molecule has 3 N–H and O–H groups in total. The molecule has 0 aliphatic carbocycles. The zero-order chi connectivity index (χ0) is 13.7. The summed E-state index contributed by atoms with van der Waals surface area (Å²) in [5.41, 5.74) is 7.62. The van der Waals surface area contributed by atoms with Crippen LogP contribution in [0.25, 0.3) is 0 Å². The van der Waals surface area contributed by atoms with Crippen LogP contribution in [0.4, 0.5) is 11.6 Å². The monoisotopic (exact) mass is 255 g/mol. The van der Waals surface area contributed by atoms with Crippen molar-refractivity contribution in [3.8, 4) is 6.07 Å². The average molecular weight is 255 g/mol. The number of aryl methyl sites for hydroxylation is 2. The number of anilines is 2. The molecule has 19 heavy (non-hydrogen) atoms. The van der Waals surface area contributed by atoms with Crippen molar-refractivity contribution in [3.63, 3.8) is 0 Å². The molecule has 5 nitrogen and oxygen atoms in total. The minimum absolute atomic E-state index is 0.419. The first kappa shape index (κ1) is 13.0. The predicted octanol–water partition coefficient (Wildman–Crippen LogP) is 2.01. The fourth-order valence-corrected chi connectivity index (χ4v) is 2.01. The molecule has 1 heterocycles. The summed E-state index contributed by atoms with van der Waals surface area (Å²) >= 11 is 0. The van der Waals surface area contributed by atoms with Gasteiger partial charge in [-0.15, -0.1) is 0 Å². The molecule has 0 amide bonds. The summed E-state index contributed by atoms with van der Waals surface area (Å²) in [5.74, 6) is 0.972. The molecule has 0 aliphatic rings. The Morgan fingerprint density at radius 2 is 2.11 bits per heavy atom. The fourth-order valence-electron chi connectivity index (χ4n) is 2.01. The molecule has 0 saturated heterocycles. The Labute approximate surface area is 112 Å². The Morgan fingerprint density at radius 1 is 1.37 bits per heavy atom. The quantitative estimate of drug-likeness (QED) is 0.856. The van der Waals surface area contributed by atoms with Gasteiger partial charge in [0.15, 0.2) is 5.82 Å². The smallest absolute Gasteiger partial charge is 0.168 e. The topological polar surface area (TPSA) is 79.7 Å². The third-order valence-electron chi connectivity index (χ3n) is 3.02. The van der Waals surface area contributed by atoms with Gasteiger partial charge in [-0.2, -0.15) is 10.4 Å². The van der Waals surface area contributed by atoms with Gasteiger partial charge < -0.3 is 11.1 Å². The van der Waals surface area contributed by atoms with E-state index in [1.54, 1.807) is 11.7 Å². The minimum Gasteiger partial charge on any atom is -0.383 e. The molecule has 1 aromatic carbocycles. The van der Waals surface area contributed by atoms with Gasteiger partial charge in [-0.1, -0.05) is 30.3 Å². The predicted molar refractivity (Wildman–Crippen MR) is 75.7 cm³/mol. The van der Waals surface area contributed by atoms with Gasteiger partial charge in [0.2, 0.25) is 0 Å². The summed E-state index contributed by atoms with van der Waals surface area (Å²) in [7, 11) is 1.73. The molecule has 1 aromatic heterocycles. The second kappa shape index (κ2) is 5.91. The highest BCUT2D eigenvalue weighted by molar-refractivity contribution is 5.63. The molecule has 2 aromatic rings. The van der Waals surface area contributed by atoms with Crippen LogP contribution in [-0.4, -0.2) is 16.8 Å². The zero-order valence-corrected chi connectivity index (χ0v) is 10.9. The van der Waals surface area contributed by atoms with Gasteiger partial charge in [0.05, 0.1) is 0 Å². The molecule has 0 aliphatic heterocycles. The van der Waals surface area contributed by atoms with E-state index < -0.39 is 0 Å². The maximum Gasteiger partial charge on any atom is 0.168 e. The third kappa shape index (κ3) is 2.86. The molecule has 0 atom stereocenters. The standard InChI is InChI=1S/C14H17N5/c1-17-14-12(10-15)13(16)19(18-14)9-5-8-11-6-3-2-4-7-11/h2-4,6-7H,5,8-9,16H2,1H3,(H,17,18). The highest BCUT2D eigenvalue weighted by Gasteiger charge is 2.13. The van der Waals surface area contributed by atoms with Crippen molar-refractivity contribution in [3.05, 3.63) is 41.5 Å². The summed E-state index contributed by atoms with van der Waals surface area (Å²) in [6.07, 6.45) is 1.90. The second-order valence-corrected chi connectivity index (χ2v) is 4.28. The summed E-state index contributed by atoms with van der Waals surface area (Å²) in [4.78, 5) is 0. The van der Waals surface area contributed by atoms with E-state index in [4.69, 9.17) is 11.0 Å². The van der Waals surface area contributed by atoms with Crippen molar-refractivity contribution in [2.75, 3.05) is 18.1 Å². The molecule has 0 radical (unpaired) electrons. The van der Waals surface area contributed by atoms with E-state index in [-0.39, 0.29) is 0 Å². The molecule has 0 unspecified atom stereocenters. The summed E-state index contributed by atoms with van der Waals surface area (Å²) < 4.78 is 1.69. The van der Waals surface area contributed by atoms with Crippen LogP contribution in [0.5, 0.6) is 0 Å². The fraction of sp³-hybridized carbons (Fsp3) is 0.286. The lowest BCUT2D eigenvalue weighted by molar-refractivity contribution is 0.588. The molecule has 5 heteroatoms. The van der Waals surface area contributed by atoms with Crippen LogP contribution in [0, 0.1) is 11.3 Å². The normalized spacial score (nSPS) is 10.1. The maximum atomic E-state index is 9.02. The van der Waals surface area contributed by atoms with Crippen molar-refractivity contribution in [2.24, 2.45) is 0 Å². The van der Waals surface area contributed by atoms with Crippen molar-refractivity contribution < 1.29 is 0 Å². The average Bonchev–Trinajstić information content (AvgIpc) is 2.76. The largest absolute Gasteiger partial charge is 0.383 e. The number of nitrogens with zero attached hydrogens (tertiary/aromatic N) is 3. The summed E-state index contributed by atoms with van der Waals surface area (Å²) in [5, 5.41) is 16.2. The van der Waals surface area contributed by atoms with Crippen LogP contribution in [-0.2, 0) is 13.0 Å². The molecule has 98 valence electrons. The molecular formula is C14H17N5. The van der Waals surface area contributed by atoms with E-state index in [1.807, 2.05) is 18.2 Å². The molecule has 0 spiro atoms. The lowest BCUT2D eigenvalue weighted by Gasteiger charge is -2.04. The SMILES string of the molecule is CNc1nn(CCCc2ccccc2)c(N)c1C#N. The van der Waals surface area contributed by atoms with Crippen molar-refractivity contribution in [2.45, 2.75) is 19.4 Å². The molecular weight excluding hydrogens is 238 g/mol. The van der Waals surface area contributed by atoms with Crippen LogP contribution in [0.1, 0.15) is 17.5 Å². The maximum absolute atomic E-state index is 9.02. The Morgan fingerprint density at radius 3 is 2.68 bits per heavy atom. The molecule has 2 rings (SSSR count). The number of nitriles is 1. The van der Waals surface area contributed by atoms with E-state index in [2.05, 4.69) is 28.6 Å². The Hall–Kier alpha value is -2.48. The number of nitrogens with two attached hydrogens (primary N) is 1. The van der Waals surface area contributed by atoms with E-state index in [9.17, 15) is 0 Å². The first-order valence-electron chi connectivity index (χ1n) is 6.24. The highest BCUT2D eigenvalue weighted by Crippen LogP contribution is 2.20. The van der Waals surface area contributed by atoms with Crippen LogP contribution in [0.2, 0.25) is 0 Å². The minimum atomic E-state index is 0.419. The first-order chi connectivity index (χ1) is 9.26. The van der Waals surface area contributed by atoms with Gasteiger partial charge in [-0.3, -0.25) is 0 Å². The Balaban J connectivity index is 2.01. The van der Waals surface area contributed by atoms with Gasteiger partial charge in [-0.25, -0.2) is 4.68 Å². The van der Waals surface area contributed by atoms with E-state index >= 15 is 0 Å². The second-order valence-electron chi connectivity index (χ2n) is 4.28. The van der Waals surface area contributed by atoms with Crippen LogP contribution in [0.15, 0.2) is 30.3 Å². The molecule has 0 saturated carbocycles. The number of hydrogen-bond acceptors (Lipinski definition) is 4. The first-order valence-corrected chi connectivity index (χ1v) is 6.24. The van der Waals surface area contributed by atoms with Gasteiger partial charge in [0.1, 0.15) is 17.5 Å². The summed E-state index contributed by atoms with van der Waals surface area (Å²) in [6, 6.07) is 12.4. The number of nitrogen functional groups attached to an aromatic ring is 1.